The molecular formula is C45H110FeO30P5. The second kappa shape index (κ2) is 51.2. The third kappa shape index (κ3) is 22.4. The van der Waals surface area contributed by atoms with Crippen molar-refractivity contribution in [1.29, 1.82) is 0 Å². The standard InChI is InChI=1S/5C9H22O6P.Fe/c5*1-10-4-7-13-16(14-8-5-11-2)15-9-6-12-3;/h5*16H,4-9H2,1-3H3;/q5*+1;-5. The van der Waals surface area contributed by atoms with Gasteiger partial charge in [-0.1, -0.05) is 0 Å². The van der Waals surface area contributed by atoms with E-state index in [0.717, 1.165) is 0 Å². The fourth-order valence-corrected chi connectivity index (χ4v) is 121. The van der Waals surface area contributed by atoms with Crippen molar-refractivity contribution in [1.82, 2.24) is 0 Å². The number of methoxy groups -OCH3 is 15. The van der Waals surface area contributed by atoms with Crippen LogP contribution in [-0.4, -0.2) is 305 Å². The van der Waals surface area contributed by atoms with Crippen molar-refractivity contribution in [3.8, 4) is 0 Å². The van der Waals surface area contributed by atoms with Crippen molar-refractivity contribution in [2.24, 2.45) is 0 Å². The summed E-state index contributed by atoms with van der Waals surface area (Å²) in [6, 6.07) is 0. The Balaban J connectivity index is 12.9. The number of hydrogen-bond donors (Lipinski definition) is 0. The molecule has 0 saturated heterocycles. The second-order valence-electron chi connectivity index (χ2n) is 15.8. The molecule has 0 saturated carbocycles. The fourth-order valence-electron chi connectivity index (χ4n) is 7.15. The summed E-state index contributed by atoms with van der Waals surface area (Å²) in [4.78, 5) is 0. The summed E-state index contributed by atoms with van der Waals surface area (Å²) in [5.74, 6) is 0. The van der Waals surface area contributed by atoms with Gasteiger partial charge in [0.1, 0.15) is 0 Å². The van der Waals surface area contributed by atoms with Crippen LogP contribution in [0.5, 0.6) is 0 Å². The molecule has 0 rings (SSSR count). The maximum atomic E-state index is 7.86. The molecule has 0 aromatic carbocycles. The van der Waals surface area contributed by atoms with Gasteiger partial charge in [0.15, 0.2) is 0 Å². The first-order valence-electron chi connectivity index (χ1n) is 26.2. The number of ether oxygens (including phenoxy) is 15. The molecule has 0 aliphatic rings. The molecule has 0 N–H and O–H groups in total. The molecule has 0 atom stereocenters. The zero-order valence-electron chi connectivity index (χ0n) is 51.3. The van der Waals surface area contributed by atoms with Gasteiger partial charge < -0.3 is 0 Å². The topological polar surface area (TPSA) is 277 Å². The van der Waals surface area contributed by atoms with E-state index in [4.69, 9.17) is 139 Å². The Morgan fingerprint density at radius 1 is 0.136 bits per heavy atom. The van der Waals surface area contributed by atoms with Crippen LogP contribution in [0.4, 0.5) is 0 Å². The van der Waals surface area contributed by atoms with E-state index in [9.17, 15) is 0 Å². The first kappa shape index (κ1) is 82.5. The number of rotatable bonds is 65. The average molecular weight is 1340 g/mol. The molecule has 503 valence electrons. The first-order valence-corrected chi connectivity index (χ1v) is 42.4. The van der Waals surface area contributed by atoms with Gasteiger partial charge in [0.2, 0.25) is 0 Å². The summed E-state index contributed by atoms with van der Waals surface area (Å²) in [6.07, 6.45) is 0. The van der Waals surface area contributed by atoms with Crippen LogP contribution in [0.15, 0.2) is 0 Å². The van der Waals surface area contributed by atoms with Crippen molar-refractivity contribution in [3.63, 3.8) is 0 Å². The van der Waals surface area contributed by atoms with Gasteiger partial charge in [-0.05, 0) is 0 Å². The molecule has 36 heteroatoms. The molecule has 0 aromatic rings. The van der Waals surface area contributed by atoms with E-state index >= 15 is 0 Å². The Kier molecular flexibility index (Phi) is 52.2. The molecular weight excluding hydrogens is 1230 g/mol. The van der Waals surface area contributed by atoms with Gasteiger partial charge in [0.25, 0.3) is 0 Å². The van der Waals surface area contributed by atoms with E-state index in [2.05, 4.69) is 0 Å². The predicted molar refractivity (Wildman–Crippen MR) is 309 cm³/mol. The second-order valence-corrected chi connectivity index (χ2v) is 66.9. The Morgan fingerprint density at radius 3 is 0.272 bits per heavy atom. The van der Waals surface area contributed by atoms with Gasteiger partial charge in [-0.15, -0.1) is 0 Å². The first-order chi connectivity index (χ1) is 39.5. The quantitative estimate of drug-likeness (QED) is 0.0454. The predicted octanol–water partition coefficient (Wildman–Crippen LogP) is 4.67. The van der Waals surface area contributed by atoms with Crippen LogP contribution in [-0.2, 0) is 148 Å². The van der Waals surface area contributed by atoms with Crippen LogP contribution in [0.1, 0.15) is 0 Å². The van der Waals surface area contributed by atoms with Gasteiger partial charge in [-0.3, -0.25) is 0 Å². The normalized spacial score (nSPS) is 14.6. The van der Waals surface area contributed by atoms with Crippen molar-refractivity contribution in [2.45, 2.75) is 0 Å². The molecule has 0 spiro atoms. The summed E-state index contributed by atoms with van der Waals surface area (Å²) in [7, 11) is 15.1. The van der Waals surface area contributed by atoms with Gasteiger partial charge in [0.05, 0.1) is 0 Å². The van der Waals surface area contributed by atoms with E-state index < -0.39 is 42.7 Å². The van der Waals surface area contributed by atoms with E-state index in [-0.39, 0.29) is 198 Å². The van der Waals surface area contributed by atoms with Crippen molar-refractivity contribution in [3.05, 3.63) is 0 Å². The van der Waals surface area contributed by atoms with Gasteiger partial charge in [0, 0.05) is 0 Å². The minimum absolute atomic E-state index is 0.116. The van der Waals surface area contributed by atoms with Crippen LogP contribution in [0.25, 0.3) is 0 Å². The molecule has 81 heavy (non-hydrogen) atoms. The van der Waals surface area contributed by atoms with E-state index in [1.165, 1.54) is 107 Å². The average Bonchev–Trinajstić information content (AvgIpc) is 1.92. The van der Waals surface area contributed by atoms with Crippen LogP contribution in [0.3, 0.4) is 0 Å². The van der Waals surface area contributed by atoms with Crippen molar-refractivity contribution in [2.75, 3.05) is 305 Å². The monoisotopic (exact) mass is 1340 g/mol. The molecule has 0 heterocycles. The van der Waals surface area contributed by atoms with E-state index in [1.54, 1.807) is 0 Å². The van der Waals surface area contributed by atoms with E-state index in [0.29, 0.717) is 0 Å². The SMILES string of the molecule is COCCO[PH](OCCOC)(OCCOC)[Fe]([PH](OCCOC)(OCCOC)OCCOC)([PH](OCCOC)(OCCOC)OCCOC)([PH](OCCOC)(OCCOC)OCCOC)[PH](OCCOC)(OCCOC)OCCOC. The molecule has 0 aliphatic carbocycles. The molecule has 0 amide bonds. The molecule has 0 fully saturated rings. The molecule has 30 nitrogen and oxygen atoms in total. The van der Waals surface area contributed by atoms with Crippen LogP contribution >= 0.6 is 33.2 Å². The zero-order valence-corrected chi connectivity index (χ0v) is 57.4. The fraction of sp³-hybridized carbons (Fsp3) is 1.00. The molecule has 0 aliphatic heterocycles. The van der Waals surface area contributed by atoms with Crippen LogP contribution < -0.4 is 0 Å². The Labute approximate surface area is 484 Å². The summed E-state index contributed by atoms with van der Waals surface area (Å²) < 4.78 is 206. The van der Waals surface area contributed by atoms with Gasteiger partial charge in [-0.2, -0.15) is 0 Å². The summed E-state index contributed by atoms with van der Waals surface area (Å²) in [5, 5.41) is 0. The zero-order chi connectivity index (χ0) is 60.4. The summed E-state index contributed by atoms with van der Waals surface area (Å²) in [6.45, 7) is -36.7. The Morgan fingerprint density at radius 2 is 0.210 bits per heavy atom. The van der Waals surface area contributed by atoms with Gasteiger partial charge >= 0.3 is 487 Å². The maximum absolute atomic E-state index is 7.86. The molecule has 0 aromatic heterocycles. The number of hydrogen-bond acceptors (Lipinski definition) is 30. The van der Waals surface area contributed by atoms with Crippen LogP contribution in [0, 0.1) is 0 Å². The molecule has 0 bridgehead atoms. The molecule has 0 unspecified atom stereocenters. The van der Waals surface area contributed by atoms with Crippen molar-refractivity contribution >= 4 is 33.2 Å². The summed E-state index contributed by atoms with van der Waals surface area (Å²) >= 11 is 0. The van der Waals surface area contributed by atoms with Crippen molar-refractivity contribution < 1.29 is 148 Å². The third-order valence-corrected chi connectivity index (χ3v) is 104. The minimum atomic E-state index is -7.37. The van der Waals surface area contributed by atoms with Crippen LogP contribution in [0.2, 0.25) is 0 Å². The van der Waals surface area contributed by atoms with E-state index in [1.807, 2.05) is 0 Å². The summed E-state index contributed by atoms with van der Waals surface area (Å²) in [5.41, 5.74) is 0. The Bertz CT molecular complexity index is 1050. The molecule has 0 radical (unpaired) electrons. The third-order valence-electron chi connectivity index (χ3n) is 10.5. The van der Waals surface area contributed by atoms with Gasteiger partial charge in [-0.25, -0.2) is 0 Å². The Hall–Kier alpha value is 1.47.